The van der Waals surface area contributed by atoms with Crippen LogP contribution >= 0.6 is 11.8 Å². The minimum absolute atomic E-state index is 0.0463. The molecule has 0 aliphatic carbocycles. The summed E-state index contributed by atoms with van der Waals surface area (Å²) < 4.78 is 0. The molecular weight excluding hydrogens is 256 g/mol. The van der Waals surface area contributed by atoms with Crippen LogP contribution in [-0.4, -0.2) is 16.3 Å². The lowest BCUT2D eigenvalue weighted by atomic mass is 9.93. The Kier molecular flexibility index (Phi) is 6.89. The third-order valence-electron chi connectivity index (χ3n) is 2.91. The Morgan fingerprint density at radius 1 is 1.37 bits per heavy atom. The Bertz CT molecular complexity index is 400. The second-order valence-electron chi connectivity index (χ2n) is 5.06. The fourth-order valence-corrected chi connectivity index (χ4v) is 2.83. The van der Waals surface area contributed by atoms with E-state index in [1.807, 2.05) is 30.3 Å². The van der Waals surface area contributed by atoms with Crippen molar-refractivity contribution in [3.8, 4) is 0 Å². The zero-order chi connectivity index (χ0) is 14.3. The molecule has 0 radical (unpaired) electrons. The molecule has 0 aliphatic heterocycles. The molecule has 0 fully saturated rings. The van der Waals surface area contributed by atoms with Crippen LogP contribution < -0.4 is 0 Å². The maximum absolute atomic E-state index is 12.2. The summed E-state index contributed by atoms with van der Waals surface area (Å²) in [6, 6.07) is 9.89. The molecule has 1 aromatic rings. The highest BCUT2D eigenvalue weighted by Gasteiger charge is 2.25. The molecule has 1 N–H and O–H groups in total. The molecule has 0 aliphatic rings. The lowest BCUT2D eigenvalue weighted by Gasteiger charge is -2.20. The lowest BCUT2D eigenvalue weighted by molar-refractivity contribution is -0.117. The van der Waals surface area contributed by atoms with E-state index in [-0.39, 0.29) is 11.0 Å². The monoisotopic (exact) mass is 278 g/mol. The molecule has 0 unspecified atom stereocenters. The number of hydrogen-bond donors (Lipinski definition) is 1. The summed E-state index contributed by atoms with van der Waals surface area (Å²) in [6.45, 7) is 7.69. The Hall–Kier alpha value is -1.06. The van der Waals surface area contributed by atoms with E-state index in [0.29, 0.717) is 18.1 Å². The van der Waals surface area contributed by atoms with Gasteiger partial charge in [-0.2, -0.15) is 0 Å². The number of hydrogen-bond acceptors (Lipinski definition) is 3. The number of rotatable bonds is 7. The van der Waals surface area contributed by atoms with Gasteiger partial charge in [0.15, 0.2) is 5.12 Å². The van der Waals surface area contributed by atoms with Gasteiger partial charge in [0, 0.05) is 5.75 Å². The summed E-state index contributed by atoms with van der Waals surface area (Å²) in [4.78, 5) is 12.2. The average molecular weight is 278 g/mol. The molecule has 0 amide bonds. The molecule has 0 saturated heterocycles. The molecule has 2 atom stereocenters. The Morgan fingerprint density at radius 3 is 2.53 bits per heavy atom. The van der Waals surface area contributed by atoms with Crippen molar-refractivity contribution in [1.29, 1.82) is 0 Å². The van der Waals surface area contributed by atoms with Crippen LogP contribution in [0.25, 0.3) is 0 Å². The maximum atomic E-state index is 12.2. The standard InChI is InChI=1S/C16H22O2S/c1-4-15(17)14(10-12(2)3)16(18)19-11-13-8-6-5-7-9-13/h4-9,12,14-15,17H,1,10-11H2,2-3H3/t14-,15+/m0/s1. The fraction of sp³-hybridized carbons (Fsp3) is 0.438. The van der Waals surface area contributed by atoms with Gasteiger partial charge in [-0.25, -0.2) is 0 Å². The van der Waals surface area contributed by atoms with Crippen molar-refractivity contribution in [1.82, 2.24) is 0 Å². The zero-order valence-electron chi connectivity index (χ0n) is 11.6. The highest BCUT2D eigenvalue weighted by molar-refractivity contribution is 8.13. The third kappa shape index (κ3) is 5.62. The summed E-state index contributed by atoms with van der Waals surface area (Å²) in [5.74, 6) is 0.671. The van der Waals surface area contributed by atoms with Crippen molar-refractivity contribution in [2.24, 2.45) is 11.8 Å². The largest absolute Gasteiger partial charge is 0.388 e. The lowest BCUT2D eigenvalue weighted by Crippen LogP contribution is -2.26. The molecule has 0 bridgehead atoms. The van der Waals surface area contributed by atoms with E-state index in [4.69, 9.17) is 0 Å². The van der Waals surface area contributed by atoms with Crippen molar-refractivity contribution < 1.29 is 9.90 Å². The van der Waals surface area contributed by atoms with Crippen LogP contribution in [0.3, 0.4) is 0 Å². The van der Waals surface area contributed by atoms with Crippen molar-refractivity contribution >= 4 is 16.9 Å². The van der Waals surface area contributed by atoms with Gasteiger partial charge in [0.1, 0.15) is 0 Å². The average Bonchev–Trinajstić information content (AvgIpc) is 2.42. The molecule has 3 heteroatoms. The smallest absolute Gasteiger partial charge is 0.195 e. The van der Waals surface area contributed by atoms with Crippen LogP contribution in [0, 0.1) is 11.8 Å². The van der Waals surface area contributed by atoms with Gasteiger partial charge < -0.3 is 5.11 Å². The number of carbonyl (C=O) groups is 1. The fourth-order valence-electron chi connectivity index (χ4n) is 1.88. The quantitative estimate of drug-likeness (QED) is 0.773. The number of aliphatic hydroxyl groups excluding tert-OH is 1. The van der Waals surface area contributed by atoms with Gasteiger partial charge in [-0.15, -0.1) is 6.58 Å². The van der Waals surface area contributed by atoms with E-state index >= 15 is 0 Å². The number of benzene rings is 1. The van der Waals surface area contributed by atoms with E-state index in [2.05, 4.69) is 20.4 Å². The summed E-state index contributed by atoms with van der Waals surface area (Å²) in [7, 11) is 0. The van der Waals surface area contributed by atoms with Crippen LogP contribution in [-0.2, 0) is 10.5 Å². The first kappa shape index (κ1) is 16.0. The van der Waals surface area contributed by atoms with E-state index < -0.39 is 6.10 Å². The van der Waals surface area contributed by atoms with Crippen LogP contribution in [0.1, 0.15) is 25.8 Å². The summed E-state index contributed by atoms with van der Waals surface area (Å²) >= 11 is 1.28. The summed E-state index contributed by atoms with van der Waals surface area (Å²) in [5.41, 5.74) is 1.12. The topological polar surface area (TPSA) is 37.3 Å². The van der Waals surface area contributed by atoms with Gasteiger partial charge in [-0.1, -0.05) is 62.0 Å². The molecule has 19 heavy (non-hydrogen) atoms. The van der Waals surface area contributed by atoms with Crippen LogP contribution in [0.15, 0.2) is 43.0 Å². The van der Waals surface area contributed by atoms with Crippen molar-refractivity contribution in [2.75, 3.05) is 0 Å². The van der Waals surface area contributed by atoms with E-state index in [0.717, 1.165) is 5.56 Å². The van der Waals surface area contributed by atoms with Crippen LogP contribution in [0.2, 0.25) is 0 Å². The van der Waals surface area contributed by atoms with E-state index in [1.165, 1.54) is 17.8 Å². The number of aliphatic hydroxyl groups is 1. The minimum atomic E-state index is -0.752. The SMILES string of the molecule is C=C[C@@H](O)[C@H](CC(C)C)C(=O)SCc1ccccc1. The summed E-state index contributed by atoms with van der Waals surface area (Å²) in [6.07, 6.45) is 1.39. The Morgan fingerprint density at radius 2 is 2.00 bits per heavy atom. The first-order valence-corrected chi connectivity index (χ1v) is 7.54. The first-order valence-electron chi connectivity index (χ1n) is 6.55. The molecule has 0 saturated carbocycles. The van der Waals surface area contributed by atoms with Crippen molar-refractivity contribution in [3.63, 3.8) is 0 Å². The van der Waals surface area contributed by atoms with Gasteiger partial charge in [0.05, 0.1) is 12.0 Å². The first-order chi connectivity index (χ1) is 9.04. The molecule has 104 valence electrons. The molecule has 0 heterocycles. The second kappa shape index (κ2) is 8.18. The van der Waals surface area contributed by atoms with Crippen LogP contribution in [0.5, 0.6) is 0 Å². The van der Waals surface area contributed by atoms with Gasteiger partial charge >= 0.3 is 0 Å². The number of carbonyl (C=O) groups excluding carboxylic acids is 1. The molecular formula is C16H22O2S. The van der Waals surface area contributed by atoms with Gasteiger partial charge in [-0.05, 0) is 17.9 Å². The molecule has 0 aromatic heterocycles. The van der Waals surface area contributed by atoms with Gasteiger partial charge in [-0.3, -0.25) is 4.79 Å². The highest BCUT2D eigenvalue weighted by Crippen LogP contribution is 2.25. The number of thioether (sulfide) groups is 1. The zero-order valence-corrected chi connectivity index (χ0v) is 12.4. The Labute approximate surface area is 119 Å². The van der Waals surface area contributed by atoms with E-state index in [1.54, 1.807) is 0 Å². The summed E-state index contributed by atoms with van der Waals surface area (Å²) in [5, 5.41) is 9.93. The predicted octanol–water partition coefficient (Wildman–Crippen LogP) is 3.66. The predicted molar refractivity (Wildman–Crippen MR) is 81.9 cm³/mol. The normalized spacial score (nSPS) is 14.1. The molecule has 1 rings (SSSR count). The van der Waals surface area contributed by atoms with Crippen LogP contribution in [0.4, 0.5) is 0 Å². The molecule has 2 nitrogen and oxygen atoms in total. The molecule has 0 spiro atoms. The minimum Gasteiger partial charge on any atom is -0.388 e. The van der Waals surface area contributed by atoms with Crippen molar-refractivity contribution in [2.45, 2.75) is 32.1 Å². The van der Waals surface area contributed by atoms with E-state index in [9.17, 15) is 9.90 Å². The third-order valence-corrected chi connectivity index (χ3v) is 3.97. The second-order valence-corrected chi connectivity index (χ2v) is 6.04. The van der Waals surface area contributed by atoms with Gasteiger partial charge in [0.25, 0.3) is 0 Å². The molecule has 1 aromatic carbocycles. The Balaban J connectivity index is 2.59. The van der Waals surface area contributed by atoms with Gasteiger partial charge in [0.2, 0.25) is 0 Å². The maximum Gasteiger partial charge on any atom is 0.195 e. The van der Waals surface area contributed by atoms with Crippen molar-refractivity contribution in [3.05, 3.63) is 48.6 Å². The highest BCUT2D eigenvalue weighted by atomic mass is 32.2.